The first kappa shape index (κ1) is 20.1. The molecular weight excluding hydrogens is 402 g/mol. The first-order valence-corrected chi connectivity index (χ1v) is 10.8. The van der Waals surface area contributed by atoms with Crippen LogP contribution in [0.4, 0.5) is 10.5 Å². The number of amides is 3. The third-order valence-corrected chi connectivity index (χ3v) is 6.14. The van der Waals surface area contributed by atoms with Crippen molar-refractivity contribution in [2.45, 2.75) is 38.6 Å². The van der Waals surface area contributed by atoms with Gasteiger partial charge < -0.3 is 15.4 Å². The van der Waals surface area contributed by atoms with Crippen molar-refractivity contribution < 1.29 is 14.3 Å². The Balaban J connectivity index is 1.33. The standard InChI is InChI=1S/C26H25N3O3/c1-17-7-9-18(10-8-17)16-27-24(30)19-11-13-20(14-12-19)29-25(31)28-22-15-26(29,2)32-23-6-4-3-5-21(22)23/h3-14,22H,15-16H2,1-2H3,(H,27,30)(H,28,31)/t22-,26+/m0/s1. The largest absolute Gasteiger partial charge is 0.467 e. The van der Waals surface area contributed by atoms with Crippen LogP contribution in [0.5, 0.6) is 5.75 Å². The van der Waals surface area contributed by atoms with Gasteiger partial charge in [0.15, 0.2) is 5.72 Å². The summed E-state index contributed by atoms with van der Waals surface area (Å²) < 4.78 is 6.29. The smallest absolute Gasteiger partial charge is 0.325 e. The van der Waals surface area contributed by atoms with Crippen molar-refractivity contribution in [1.29, 1.82) is 0 Å². The number of hydrogen-bond donors (Lipinski definition) is 2. The van der Waals surface area contributed by atoms with Crippen LogP contribution in [0.1, 0.15) is 46.4 Å². The number of nitrogens with zero attached hydrogens (tertiary/aromatic N) is 1. The summed E-state index contributed by atoms with van der Waals surface area (Å²) in [5.41, 5.74) is 3.63. The Kier molecular flexibility index (Phi) is 4.85. The highest BCUT2D eigenvalue weighted by Crippen LogP contribution is 2.45. The number of urea groups is 1. The highest BCUT2D eigenvalue weighted by Gasteiger charge is 2.49. The minimum absolute atomic E-state index is 0.0828. The molecule has 3 amide bonds. The predicted molar refractivity (Wildman–Crippen MR) is 123 cm³/mol. The van der Waals surface area contributed by atoms with Gasteiger partial charge in [-0.15, -0.1) is 0 Å². The van der Waals surface area contributed by atoms with Crippen LogP contribution in [0.2, 0.25) is 0 Å². The summed E-state index contributed by atoms with van der Waals surface area (Å²) in [5.74, 6) is 0.623. The summed E-state index contributed by atoms with van der Waals surface area (Å²) in [6.07, 6.45) is 0.633. The molecule has 1 fully saturated rings. The average molecular weight is 428 g/mol. The summed E-state index contributed by atoms with van der Waals surface area (Å²) in [5, 5.41) is 6.02. The first-order valence-electron chi connectivity index (χ1n) is 10.8. The third-order valence-electron chi connectivity index (χ3n) is 6.14. The average Bonchev–Trinajstić information content (AvgIpc) is 2.78. The second-order valence-electron chi connectivity index (χ2n) is 8.57. The van der Waals surface area contributed by atoms with Crippen LogP contribution >= 0.6 is 0 Å². The minimum Gasteiger partial charge on any atom is -0.467 e. The van der Waals surface area contributed by atoms with E-state index in [-0.39, 0.29) is 18.0 Å². The van der Waals surface area contributed by atoms with E-state index in [4.69, 9.17) is 4.74 Å². The van der Waals surface area contributed by atoms with Gasteiger partial charge in [0, 0.05) is 29.8 Å². The fourth-order valence-electron chi connectivity index (χ4n) is 4.47. The molecule has 0 aromatic heterocycles. The number of para-hydroxylation sites is 1. The van der Waals surface area contributed by atoms with Gasteiger partial charge >= 0.3 is 6.03 Å². The SMILES string of the molecule is Cc1ccc(CNC(=O)c2ccc(N3C(=O)N[C@H]4C[C@@]3(C)Oc3ccccc34)cc2)cc1. The summed E-state index contributed by atoms with van der Waals surface area (Å²) >= 11 is 0. The fourth-order valence-corrected chi connectivity index (χ4v) is 4.47. The molecule has 2 N–H and O–H groups in total. The van der Waals surface area contributed by atoms with E-state index in [1.165, 1.54) is 5.56 Å². The highest BCUT2D eigenvalue weighted by atomic mass is 16.5. The Labute approximate surface area is 187 Å². The number of anilines is 1. The Bertz CT molecular complexity index is 1170. The molecule has 0 aliphatic carbocycles. The van der Waals surface area contributed by atoms with Crippen LogP contribution in [0.3, 0.4) is 0 Å². The molecule has 3 aromatic carbocycles. The zero-order chi connectivity index (χ0) is 22.3. The molecule has 1 saturated heterocycles. The number of carbonyl (C=O) groups excluding carboxylic acids is 2. The summed E-state index contributed by atoms with van der Waals surface area (Å²) in [6, 6.07) is 22.6. The Morgan fingerprint density at radius 1 is 1.09 bits per heavy atom. The van der Waals surface area contributed by atoms with Gasteiger partial charge in [-0.25, -0.2) is 4.79 Å². The number of fused-ring (bicyclic) bond motifs is 4. The molecule has 32 heavy (non-hydrogen) atoms. The van der Waals surface area contributed by atoms with E-state index in [1.807, 2.05) is 62.4 Å². The normalized spacial score (nSPS) is 21.2. The van der Waals surface area contributed by atoms with Crippen LogP contribution in [0, 0.1) is 6.92 Å². The van der Waals surface area contributed by atoms with Crippen LogP contribution in [0.15, 0.2) is 72.8 Å². The Morgan fingerprint density at radius 2 is 1.81 bits per heavy atom. The van der Waals surface area contributed by atoms with Crippen molar-refractivity contribution in [2.24, 2.45) is 0 Å². The predicted octanol–water partition coefficient (Wildman–Crippen LogP) is 4.69. The second-order valence-corrected chi connectivity index (χ2v) is 8.57. The van der Waals surface area contributed by atoms with Crippen LogP contribution in [-0.2, 0) is 6.54 Å². The van der Waals surface area contributed by atoms with Crippen molar-refractivity contribution in [2.75, 3.05) is 4.90 Å². The van der Waals surface area contributed by atoms with Crippen molar-refractivity contribution in [1.82, 2.24) is 10.6 Å². The van der Waals surface area contributed by atoms with E-state index in [9.17, 15) is 9.59 Å². The topological polar surface area (TPSA) is 70.7 Å². The van der Waals surface area contributed by atoms with Gasteiger partial charge in [-0.2, -0.15) is 0 Å². The molecule has 2 heterocycles. The molecule has 6 nitrogen and oxygen atoms in total. The number of ether oxygens (including phenoxy) is 1. The Hall–Kier alpha value is -3.80. The summed E-state index contributed by atoms with van der Waals surface area (Å²) in [7, 11) is 0. The molecule has 2 aliphatic rings. The molecule has 0 radical (unpaired) electrons. The summed E-state index contributed by atoms with van der Waals surface area (Å²) in [6.45, 7) is 4.42. The van der Waals surface area contributed by atoms with Crippen molar-refractivity contribution >= 4 is 17.6 Å². The van der Waals surface area contributed by atoms with E-state index in [2.05, 4.69) is 10.6 Å². The van der Waals surface area contributed by atoms with Crippen molar-refractivity contribution in [3.63, 3.8) is 0 Å². The molecule has 0 unspecified atom stereocenters. The zero-order valence-corrected chi connectivity index (χ0v) is 18.1. The van der Waals surface area contributed by atoms with Crippen molar-refractivity contribution in [3.05, 3.63) is 95.1 Å². The quantitative estimate of drug-likeness (QED) is 0.634. The van der Waals surface area contributed by atoms with Gasteiger partial charge in [0.25, 0.3) is 5.91 Å². The van der Waals surface area contributed by atoms with E-state index in [0.29, 0.717) is 24.2 Å². The summed E-state index contributed by atoms with van der Waals surface area (Å²) in [4.78, 5) is 27.2. The molecule has 2 bridgehead atoms. The van der Waals surface area contributed by atoms with Crippen molar-refractivity contribution in [3.8, 4) is 5.75 Å². The molecule has 162 valence electrons. The van der Waals surface area contributed by atoms with E-state index in [0.717, 1.165) is 16.9 Å². The number of aryl methyl sites for hydroxylation is 1. The minimum atomic E-state index is -0.809. The van der Waals surface area contributed by atoms with Crippen LogP contribution < -0.4 is 20.3 Å². The van der Waals surface area contributed by atoms with Gasteiger partial charge in [-0.3, -0.25) is 9.69 Å². The van der Waals surface area contributed by atoms with Gasteiger partial charge in [-0.05, 0) is 49.7 Å². The molecule has 2 atom stereocenters. The second kappa shape index (κ2) is 7.71. The van der Waals surface area contributed by atoms with Crippen LogP contribution in [-0.4, -0.2) is 17.7 Å². The molecule has 6 heteroatoms. The lowest BCUT2D eigenvalue weighted by Gasteiger charge is -2.50. The number of hydrogen-bond acceptors (Lipinski definition) is 3. The molecule has 2 aliphatic heterocycles. The maximum absolute atomic E-state index is 13.0. The lowest BCUT2D eigenvalue weighted by Crippen LogP contribution is -2.65. The Morgan fingerprint density at radius 3 is 2.56 bits per heavy atom. The first-order chi connectivity index (χ1) is 15.4. The van der Waals surface area contributed by atoms with Gasteiger partial charge in [0.1, 0.15) is 5.75 Å². The highest BCUT2D eigenvalue weighted by molar-refractivity contribution is 5.97. The molecule has 0 saturated carbocycles. The number of carbonyl (C=O) groups is 2. The van der Waals surface area contributed by atoms with Gasteiger partial charge in [-0.1, -0.05) is 48.0 Å². The maximum Gasteiger partial charge on any atom is 0.325 e. The fraction of sp³-hybridized carbons (Fsp3) is 0.231. The van der Waals surface area contributed by atoms with E-state index < -0.39 is 5.72 Å². The molecule has 3 aromatic rings. The van der Waals surface area contributed by atoms with Crippen LogP contribution in [0.25, 0.3) is 0 Å². The lowest BCUT2D eigenvalue weighted by molar-refractivity contribution is 0.0379. The monoisotopic (exact) mass is 427 g/mol. The van der Waals surface area contributed by atoms with Gasteiger partial charge in [0.05, 0.1) is 6.04 Å². The number of nitrogens with one attached hydrogen (secondary N) is 2. The zero-order valence-electron chi connectivity index (χ0n) is 18.1. The molecular formula is C26H25N3O3. The third kappa shape index (κ3) is 3.58. The maximum atomic E-state index is 13.0. The lowest BCUT2D eigenvalue weighted by atomic mass is 9.90. The number of benzene rings is 3. The van der Waals surface area contributed by atoms with E-state index >= 15 is 0 Å². The number of rotatable bonds is 4. The van der Waals surface area contributed by atoms with Gasteiger partial charge in [0.2, 0.25) is 0 Å². The molecule has 0 spiro atoms. The van der Waals surface area contributed by atoms with E-state index in [1.54, 1.807) is 29.2 Å². The molecule has 5 rings (SSSR count).